The van der Waals surface area contributed by atoms with Crippen LogP contribution >= 0.6 is 0 Å². The van der Waals surface area contributed by atoms with Crippen LogP contribution in [-0.2, 0) is 20.4 Å². The molecular formula is C38H31NO3. The molecule has 2 saturated carbocycles. The number of anilines is 1. The van der Waals surface area contributed by atoms with Gasteiger partial charge in [0.2, 0.25) is 5.91 Å². The van der Waals surface area contributed by atoms with Gasteiger partial charge in [0.05, 0.1) is 11.8 Å². The lowest BCUT2D eigenvalue weighted by molar-refractivity contribution is -0.136. The first-order valence-corrected chi connectivity index (χ1v) is 14.5. The molecule has 1 amide bonds. The second-order valence-electron chi connectivity index (χ2n) is 11.4. The Labute approximate surface area is 246 Å². The summed E-state index contributed by atoms with van der Waals surface area (Å²) >= 11 is 0. The van der Waals surface area contributed by atoms with E-state index in [1.165, 1.54) is 0 Å². The summed E-state index contributed by atoms with van der Waals surface area (Å²) in [6.45, 7) is 0. The largest absolute Gasteiger partial charge is 0.426 e. The lowest BCUT2D eigenvalue weighted by atomic mass is 9.85. The van der Waals surface area contributed by atoms with Gasteiger partial charge < -0.3 is 10.1 Å². The van der Waals surface area contributed by atoms with E-state index in [1.54, 1.807) is 24.3 Å². The summed E-state index contributed by atoms with van der Waals surface area (Å²) in [4.78, 5) is 26.8. The van der Waals surface area contributed by atoms with Gasteiger partial charge in [-0.3, -0.25) is 9.59 Å². The molecule has 0 unspecified atom stereocenters. The number of rotatable bonds is 8. The van der Waals surface area contributed by atoms with Gasteiger partial charge in [0.15, 0.2) is 0 Å². The maximum Gasteiger partial charge on any atom is 0.315 e. The van der Waals surface area contributed by atoms with Gasteiger partial charge in [-0.15, -0.1) is 0 Å². The van der Waals surface area contributed by atoms with E-state index < -0.39 is 0 Å². The number of hydrogen-bond acceptors (Lipinski definition) is 3. The molecule has 0 bridgehead atoms. The van der Waals surface area contributed by atoms with Crippen molar-refractivity contribution < 1.29 is 14.3 Å². The number of amides is 1. The van der Waals surface area contributed by atoms with E-state index in [0.29, 0.717) is 17.9 Å². The van der Waals surface area contributed by atoms with Crippen molar-refractivity contribution >= 4 is 17.6 Å². The number of ether oxygens (including phenoxy) is 1. The molecule has 0 aromatic heterocycles. The van der Waals surface area contributed by atoms with Crippen LogP contribution in [0.5, 0.6) is 5.75 Å². The maximum atomic E-state index is 13.4. The quantitative estimate of drug-likeness (QED) is 0.161. The molecule has 0 saturated heterocycles. The SMILES string of the molecule is O=C(Nc1ccc(OC(=O)[C@@H]2CC2(c2ccccc2)c2ccccc2)cc1)[C@@H]1CC1(c1ccccc1)c1ccccc1. The number of benzene rings is 5. The average Bonchev–Trinajstić information content (AvgIpc) is 3.98. The molecule has 0 spiro atoms. The third kappa shape index (κ3) is 4.50. The zero-order valence-electron chi connectivity index (χ0n) is 23.2. The number of carbonyl (C=O) groups is 2. The molecule has 4 nitrogen and oxygen atoms in total. The molecule has 1 N–H and O–H groups in total. The molecule has 0 aliphatic heterocycles. The molecule has 0 heterocycles. The standard InChI is InChI=1S/C38H31NO3/c40-35(33-25-37(33,27-13-5-1-6-14-27)28-15-7-2-8-16-28)39-31-21-23-32(24-22-31)42-36(41)34-26-38(34,29-17-9-3-10-18-29)30-19-11-4-12-20-30/h1-24,33-34H,25-26H2,(H,39,40)/t33-,34-/m0/s1. The van der Waals surface area contributed by atoms with Crippen molar-refractivity contribution in [3.63, 3.8) is 0 Å². The van der Waals surface area contributed by atoms with Crippen LogP contribution in [0, 0.1) is 11.8 Å². The monoisotopic (exact) mass is 549 g/mol. The minimum absolute atomic E-state index is 0.0130. The first kappa shape index (κ1) is 26.0. The summed E-state index contributed by atoms with van der Waals surface area (Å²) in [6, 6.07) is 48.0. The smallest absolute Gasteiger partial charge is 0.315 e. The van der Waals surface area contributed by atoms with Gasteiger partial charge in [-0.25, -0.2) is 0 Å². The summed E-state index contributed by atoms with van der Waals surface area (Å²) in [5.74, 6) is -0.220. The van der Waals surface area contributed by atoms with Crippen LogP contribution < -0.4 is 10.1 Å². The number of hydrogen-bond donors (Lipinski definition) is 1. The molecular weight excluding hydrogens is 518 g/mol. The predicted molar refractivity (Wildman–Crippen MR) is 164 cm³/mol. The molecule has 2 atom stereocenters. The zero-order chi connectivity index (χ0) is 28.6. The van der Waals surface area contributed by atoms with Crippen LogP contribution in [0.3, 0.4) is 0 Å². The Morgan fingerprint density at radius 2 is 0.905 bits per heavy atom. The van der Waals surface area contributed by atoms with Gasteiger partial charge in [-0.2, -0.15) is 0 Å². The van der Waals surface area contributed by atoms with Crippen molar-refractivity contribution in [1.82, 2.24) is 0 Å². The lowest BCUT2D eigenvalue weighted by Gasteiger charge is -2.19. The first-order chi connectivity index (χ1) is 20.6. The minimum atomic E-state index is -0.373. The first-order valence-electron chi connectivity index (χ1n) is 14.5. The molecule has 0 radical (unpaired) electrons. The fraction of sp³-hybridized carbons (Fsp3) is 0.158. The molecule has 42 heavy (non-hydrogen) atoms. The fourth-order valence-electron chi connectivity index (χ4n) is 6.70. The average molecular weight is 550 g/mol. The Morgan fingerprint density at radius 3 is 1.33 bits per heavy atom. The molecule has 4 heteroatoms. The van der Waals surface area contributed by atoms with E-state index >= 15 is 0 Å². The summed E-state index contributed by atoms with van der Waals surface area (Å²) < 4.78 is 5.85. The van der Waals surface area contributed by atoms with Crippen LogP contribution in [0.1, 0.15) is 35.1 Å². The summed E-state index contributed by atoms with van der Waals surface area (Å²) in [6.07, 6.45) is 1.47. The van der Waals surface area contributed by atoms with Crippen molar-refractivity contribution in [3.8, 4) is 5.75 Å². The third-order valence-corrected chi connectivity index (χ3v) is 9.02. The van der Waals surface area contributed by atoms with Crippen molar-refractivity contribution in [3.05, 3.63) is 168 Å². The van der Waals surface area contributed by atoms with Gasteiger partial charge >= 0.3 is 5.97 Å². The normalized spacial score (nSPS) is 19.3. The highest BCUT2D eigenvalue weighted by molar-refractivity contribution is 5.97. The Kier molecular flexibility index (Phi) is 6.47. The van der Waals surface area contributed by atoms with Gasteiger partial charge in [0.25, 0.3) is 0 Å². The number of esters is 1. The topological polar surface area (TPSA) is 55.4 Å². The Hall–Kier alpha value is -4.96. The highest BCUT2D eigenvalue weighted by Crippen LogP contribution is 2.60. The van der Waals surface area contributed by atoms with Crippen LogP contribution in [0.4, 0.5) is 5.69 Å². The minimum Gasteiger partial charge on any atom is -0.426 e. The van der Waals surface area contributed by atoms with Gasteiger partial charge in [0, 0.05) is 16.5 Å². The molecule has 5 aromatic rings. The van der Waals surface area contributed by atoms with E-state index in [4.69, 9.17) is 4.74 Å². The zero-order valence-corrected chi connectivity index (χ0v) is 23.2. The van der Waals surface area contributed by atoms with Crippen LogP contribution in [0.15, 0.2) is 146 Å². The van der Waals surface area contributed by atoms with Crippen LogP contribution in [0.2, 0.25) is 0 Å². The van der Waals surface area contributed by atoms with Gasteiger partial charge in [0.1, 0.15) is 5.75 Å². The van der Waals surface area contributed by atoms with Gasteiger partial charge in [-0.05, 0) is 59.4 Å². The van der Waals surface area contributed by atoms with Crippen molar-refractivity contribution in [2.24, 2.45) is 11.8 Å². The maximum absolute atomic E-state index is 13.4. The summed E-state index contributed by atoms with van der Waals surface area (Å²) in [7, 11) is 0. The fourth-order valence-corrected chi connectivity index (χ4v) is 6.70. The van der Waals surface area contributed by atoms with E-state index in [1.807, 2.05) is 72.8 Å². The van der Waals surface area contributed by atoms with Crippen molar-refractivity contribution in [1.29, 1.82) is 0 Å². The molecule has 7 rings (SSSR count). The van der Waals surface area contributed by atoms with Crippen molar-refractivity contribution in [2.45, 2.75) is 23.7 Å². The van der Waals surface area contributed by atoms with Crippen LogP contribution in [0.25, 0.3) is 0 Å². The Bertz CT molecular complexity index is 1490. The van der Waals surface area contributed by atoms with E-state index in [9.17, 15) is 9.59 Å². The molecule has 2 fully saturated rings. The number of nitrogens with one attached hydrogen (secondary N) is 1. The van der Waals surface area contributed by atoms with Gasteiger partial charge in [-0.1, -0.05) is 121 Å². The lowest BCUT2D eigenvalue weighted by Crippen LogP contribution is -2.22. The molecule has 5 aromatic carbocycles. The highest BCUT2D eigenvalue weighted by Gasteiger charge is 2.61. The predicted octanol–water partition coefficient (Wildman–Crippen LogP) is 7.54. The van der Waals surface area contributed by atoms with E-state index in [2.05, 4.69) is 53.8 Å². The van der Waals surface area contributed by atoms with Crippen LogP contribution in [-0.4, -0.2) is 11.9 Å². The summed E-state index contributed by atoms with van der Waals surface area (Å²) in [5, 5.41) is 3.09. The Morgan fingerprint density at radius 1 is 0.524 bits per heavy atom. The second-order valence-corrected chi connectivity index (χ2v) is 11.4. The number of carbonyl (C=O) groups excluding carboxylic acids is 2. The molecule has 2 aliphatic carbocycles. The molecule has 2 aliphatic rings. The third-order valence-electron chi connectivity index (χ3n) is 9.02. The van der Waals surface area contributed by atoms with E-state index in [0.717, 1.165) is 28.7 Å². The highest BCUT2D eigenvalue weighted by atomic mass is 16.5. The molecule has 206 valence electrons. The van der Waals surface area contributed by atoms with Crippen molar-refractivity contribution in [2.75, 3.05) is 5.32 Å². The van der Waals surface area contributed by atoms with E-state index in [-0.39, 0.29) is 34.5 Å². The second kappa shape index (κ2) is 10.5. The summed E-state index contributed by atoms with van der Waals surface area (Å²) in [5.41, 5.74) is 4.53. The Balaban J connectivity index is 1.04.